The molecule has 0 aliphatic heterocycles. The van der Waals surface area contributed by atoms with Crippen LogP contribution in [-0.4, -0.2) is 41.9 Å². The van der Waals surface area contributed by atoms with Gasteiger partial charge in [0.1, 0.15) is 0 Å². The summed E-state index contributed by atoms with van der Waals surface area (Å²) in [5, 5.41) is 3.37. The van der Waals surface area contributed by atoms with E-state index in [1.54, 1.807) is 0 Å². The Labute approximate surface area is 111 Å². The van der Waals surface area contributed by atoms with Crippen LogP contribution in [0.4, 0.5) is 5.95 Å². The van der Waals surface area contributed by atoms with Crippen molar-refractivity contribution < 1.29 is 19.2 Å². The molecule has 12 heteroatoms. The van der Waals surface area contributed by atoms with Crippen molar-refractivity contribution in [3.63, 3.8) is 0 Å². The SMILES string of the molecule is Nc1nc2c(ncn2C/C=N/OCP(=O)(O)O)c(=O)[nH]1. The summed E-state index contributed by atoms with van der Waals surface area (Å²) in [5.74, 6) is -0.0426. The number of hydrogen-bond donors (Lipinski definition) is 4. The van der Waals surface area contributed by atoms with Gasteiger partial charge in [-0.25, -0.2) is 4.98 Å². The van der Waals surface area contributed by atoms with Crippen LogP contribution in [-0.2, 0) is 15.9 Å². The molecule has 20 heavy (non-hydrogen) atoms. The zero-order chi connectivity index (χ0) is 14.8. The second-order valence-corrected chi connectivity index (χ2v) is 5.32. The quantitative estimate of drug-likeness (QED) is 0.304. The van der Waals surface area contributed by atoms with Crippen molar-refractivity contribution in [3.8, 4) is 0 Å². The van der Waals surface area contributed by atoms with Gasteiger partial charge in [0.15, 0.2) is 11.2 Å². The summed E-state index contributed by atoms with van der Waals surface area (Å²) >= 11 is 0. The predicted molar refractivity (Wildman–Crippen MR) is 69.0 cm³/mol. The zero-order valence-electron chi connectivity index (χ0n) is 10.0. The van der Waals surface area contributed by atoms with Gasteiger partial charge in [-0.2, -0.15) is 4.98 Å². The highest BCUT2D eigenvalue weighted by Crippen LogP contribution is 2.33. The number of nitrogen functional groups attached to an aromatic ring is 1. The van der Waals surface area contributed by atoms with Crippen LogP contribution < -0.4 is 11.3 Å². The van der Waals surface area contributed by atoms with Crippen molar-refractivity contribution in [2.75, 3.05) is 12.1 Å². The smallest absolute Gasteiger partial charge is 0.365 e. The highest BCUT2D eigenvalue weighted by atomic mass is 31.2. The van der Waals surface area contributed by atoms with E-state index in [1.165, 1.54) is 17.1 Å². The number of aromatic amines is 1. The summed E-state index contributed by atoms with van der Waals surface area (Å²) in [6, 6.07) is 0. The van der Waals surface area contributed by atoms with Crippen LogP contribution in [0.25, 0.3) is 11.2 Å². The highest BCUT2D eigenvalue weighted by Gasteiger charge is 2.12. The molecule has 0 fully saturated rings. The fourth-order valence-corrected chi connectivity index (χ4v) is 1.60. The van der Waals surface area contributed by atoms with E-state index < -0.39 is 19.5 Å². The third-order valence-electron chi connectivity index (χ3n) is 2.15. The number of rotatable bonds is 5. The van der Waals surface area contributed by atoms with Crippen molar-refractivity contribution in [2.24, 2.45) is 5.16 Å². The summed E-state index contributed by atoms with van der Waals surface area (Å²) < 4.78 is 12.0. The van der Waals surface area contributed by atoms with Crippen LogP contribution in [0.1, 0.15) is 0 Å². The average Bonchev–Trinajstić information content (AvgIpc) is 2.70. The Morgan fingerprint density at radius 1 is 1.60 bits per heavy atom. The molecule has 2 heterocycles. The first-order valence-electron chi connectivity index (χ1n) is 5.26. The molecule has 2 rings (SSSR count). The number of hydrogen-bond acceptors (Lipinski definition) is 7. The van der Waals surface area contributed by atoms with E-state index in [0.29, 0.717) is 0 Å². The van der Waals surface area contributed by atoms with E-state index in [0.717, 1.165) is 0 Å². The van der Waals surface area contributed by atoms with E-state index in [4.69, 9.17) is 15.5 Å². The van der Waals surface area contributed by atoms with Gasteiger partial charge in [0, 0.05) is 0 Å². The van der Waals surface area contributed by atoms with Crippen molar-refractivity contribution >= 4 is 30.9 Å². The lowest BCUT2D eigenvalue weighted by Gasteiger charge is -2.01. The number of oxime groups is 1. The highest BCUT2D eigenvalue weighted by molar-refractivity contribution is 7.51. The Morgan fingerprint density at radius 3 is 3.05 bits per heavy atom. The minimum absolute atomic E-state index is 0.0426. The van der Waals surface area contributed by atoms with Crippen LogP contribution in [0.5, 0.6) is 0 Å². The van der Waals surface area contributed by atoms with Gasteiger partial charge in [0.2, 0.25) is 12.3 Å². The molecule has 0 bridgehead atoms. The van der Waals surface area contributed by atoms with Crippen molar-refractivity contribution in [3.05, 3.63) is 16.7 Å². The van der Waals surface area contributed by atoms with Crippen LogP contribution in [0.3, 0.4) is 0 Å². The van der Waals surface area contributed by atoms with Gasteiger partial charge >= 0.3 is 7.60 Å². The second kappa shape index (κ2) is 5.41. The maximum absolute atomic E-state index is 11.5. The fraction of sp³-hybridized carbons (Fsp3) is 0.250. The number of nitrogens with one attached hydrogen (secondary N) is 1. The third-order valence-corrected chi connectivity index (χ3v) is 2.60. The van der Waals surface area contributed by atoms with Crippen LogP contribution in [0.2, 0.25) is 0 Å². The fourth-order valence-electron chi connectivity index (χ4n) is 1.39. The molecule has 0 radical (unpaired) electrons. The van der Waals surface area contributed by atoms with Crippen LogP contribution in [0.15, 0.2) is 16.3 Å². The summed E-state index contributed by atoms with van der Waals surface area (Å²) in [7, 11) is -4.25. The van der Waals surface area contributed by atoms with Crippen LogP contribution >= 0.6 is 7.60 Å². The predicted octanol–water partition coefficient (Wildman–Crippen LogP) is -1.16. The minimum atomic E-state index is -4.25. The van der Waals surface area contributed by atoms with E-state index in [-0.39, 0.29) is 23.7 Å². The lowest BCUT2D eigenvalue weighted by Crippen LogP contribution is -2.12. The first kappa shape index (κ1) is 14.2. The molecule has 0 saturated heterocycles. The van der Waals surface area contributed by atoms with E-state index in [1.807, 2.05) is 0 Å². The van der Waals surface area contributed by atoms with E-state index >= 15 is 0 Å². The topological polar surface area (TPSA) is 169 Å². The molecule has 0 aliphatic carbocycles. The molecule has 0 amide bonds. The molecule has 0 aliphatic rings. The summed E-state index contributed by atoms with van der Waals surface area (Å²) in [5.41, 5.74) is 5.37. The lowest BCUT2D eigenvalue weighted by molar-refractivity contribution is 0.168. The number of fused-ring (bicyclic) bond motifs is 1. The van der Waals surface area contributed by atoms with E-state index in [9.17, 15) is 9.36 Å². The Hall–Kier alpha value is -2.23. The first-order valence-corrected chi connectivity index (χ1v) is 7.05. The molecule has 0 spiro atoms. The van der Waals surface area contributed by atoms with E-state index in [2.05, 4.69) is 24.9 Å². The van der Waals surface area contributed by atoms with Crippen LogP contribution in [0, 0.1) is 0 Å². The molecule has 11 nitrogen and oxygen atoms in total. The van der Waals surface area contributed by atoms with Gasteiger partial charge in [-0.05, 0) is 0 Å². The minimum Gasteiger partial charge on any atom is -0.383 e. The summed E-state index contributed by atoms with van der Waals surface area (Å²) in [6.07, 6.45) is 1.80. The monoisotopic (exact) mass is 302 g/mol. The van der Waals surface area contributed by atoms with Gasteiger partial charge in [-0.15, -0.1) is 0 Å². The van der Waals surface area contributed by atoms with Crippen molar-refractivity contribution in [1.29, 1.82) is 0 Å². The maximum atomic E-state index is 11.5. The van der Waals surface area contributed by atoms with Crippen molar-refractivity contribution in [2.45, 2.75) is 6.54 Å². The van der Waals surface area contributed by atoms with Gasteiger partial charge in [0.05, 0.1) is 19.1 Å². The third kappa shape index (κ3) is 3.41. The van der Waals surface area contributed by atoms with Gasteiger partial charge < -0.3 is 24.9 Å². The number of H-pyrrole nitrogens is 1. The molecule has 2 aromatic heterocycles. The van der Waals surface area contributed by atoms with Crippen molar-refractivity contribution in [1.82, 2.24) is 19.5 Å². The van der Waals surface area contributed by atoms with Gasteiger partial charge in [-0.3, -0.25) is 14.3 Å². The molecule has 5 N–H and O–H groups in total. The van der Waals surface area contributed by atoms with Gasteiger partial charge in [0.25, 0.3) is 5.56 Å². The number of nitrogens with zero attached hydrogens (tertiary/aromatic N) is 4. The Balaban J connectivity index is 2.09. The maximum Gasteiger partial charge on any atom is 0.365 e. The Kier molecular flexibility index (Phi) is 3.84. The molecule has 0 atom stereocenters. The summed E-state index contributed by atoms with van der Waals surface area (Å²) in [4.78, 5) is 43.1. The molecular weight excluding hydrogens is 291 g/mol. The molecule has 2 aromatic rings. The Bertz CT molecular complexity index is 745. The molecule has 0 aromatic carbocycles. The standard InChI is InChI=1S/C8H11N6O5P/c9-8-12-6-5(7(15)13-8)10-3-14(6)2-1-11-19-4-20(16,17)18/h1,3H,2,4H2,(H2,16,17,18)(H3,9,12,13,15)/b11-1+. The number of nitrogens with two attached hydrogens (primary N) is 1. The average molecular weight is 302 g/mol. The first-order chi connectivity index (χ1) is 9.37. The molecule has 0 unspecified atom stereocenters. The molecular formula is C8H11N6O5P. The lowest BCUT2D eigenvalue weighted by atomic mass is 10.5. The van der Waals surface area contributed by atoms with Gasteiger partial charge in [-0.1, -0.05) is 5.16 Å². The number of anilines is 1. The molecule has 108 valence electrons. The number of imidazole rings is 1. The number of aromatic nitrogens is 4. The zero-order valence-corrected chi connectivity index (χ0v) is 10.9. The summed E-state index contributed by atoms with van der Waals surface area (Å²) in [6.45, 7) is 0.146. The largest absolute Gasteiger partial charge is 0.383 e. The molecule has 0 saturated carbocycles. The normalized spacial score (nSPS) is 12.3. The Morgan fingerprint density at radius 2 is 2.35 bits per heavy atom. The second-order valence-electron chi connectivity index (χ2n) is 3.73.